The Bertz CT molecular complexity index is 1490. The minimum absolute atomic E-state index is 0.0654. The Kier molecular flexibility index (Phi) is 7.45. The smallest absolute Gasteiger partial charge is 0.306 e. The molecule has 0 N–H and O–H groups in total. The first kappa shape index (κ1) is 29.5. The van der Waals surface area contributed by atoms with E-state index in [-0.39, 0.29) is 12.0 Å². The standard InChI is InChI=1S/C28H38O9S2/c1-18-12-24-20(14-22(18)33-10-9-11-34-38(7,29)30)26(3,4)16-28(35-24)17-27(5,6)21-15-23(37-39(8,31)32)19(2)13-25(21)36-28/h12-15H,9-11,16-17H2,1-8H3. The molecule has 0 radical (unpaired) electrons. The molecular weight excluding hydrogens is 544 g/mol. The molecule has 1 atom stereocenters. The van der Waals surface area contributed by atoms with E-state index in [0.717, 1.165) is 35.0 Å². The van der Waals surface area contributed by atoms with E-state index in [9.17, 15) is 16.8 Å². The highest BCUT2D eigenvalue weighted by atomic mass is 32.2. The lowest BCUT2D eigenvalue weighted by Gasteiger charge is -2.51. The van der Waals surface area contributed by atoms with Gasteiger partial charge in [-0.25, -0.2) is 0 Å². The third-order valence-electron chi connectivity index (χ3n) is 7.11. The number of hydrogen-bond donors (Lipinski definition) is 0. The first-order chi connectivity index (χ1) is 17.8. The summed E-state index contributed by atoms with van der Waals surface area (Å²) in [5.41, 5.74) is 2.70. The van der Waals surface area contributed by atoms with Crippen LogP contribution in [0.1, 0.15) is 69.2 Å². The predicted octanol–water partition coefficient (Wildman–Crippen LogP) is 4.90. The van der Waals surface area contributed by atoms with Crippen LogP contribution in [0.4, 0.5) is 0 Å². The molecule has 0 saturated carbocycles. The minimum atomic E-state index is -3.67. The lowest BCUT2D eigenvalue weighted by atomic mass is 9.69. The van der Waals surface area contributed by atoms with Gasteiger partial charge in [0.2, 0.25) is 0 Å². The van der Waals surface area contributed by atoms with E-state index in [1.54, 1.807) is 13.0 Å². The number of benzene rings is 2. The fourth-order valence-electron chi connectivity index (χ4n) is 5.58. The zero-order valence-corrected chi connectivity index (χ0v) is 25.5. The second kappa shape index (κ2) is 9.85. The molecule has 2 aliphatic heterocycles. The van der Waals surface area contributed by atoms with Crippen molar-refractivity contribution in [1.82, 2.24) is 0 Å². The van der Waals surface area contributed by atoms with Gasteiger partial charge in [0, 0.05) is 41.2 Å². The molecule has 0 bridgehead atoms. The molecule has 0 amide bonds. The van der Waals surface area contributed by atoms with Crippen molar-refractivity contribution in [3.8, 4) is 23.0 Å². The second-order valence-corrected chi connectivity index (χ2v) is 15.2. The third kappa shape index (κ3) is 6.63. The van der Waals surface area contributed by atoms with Gasteiger partial charge in [-0.2, -0.15) is 16.8 Å². The molecule has 2 aliphatic rings. The molecule has 2 aromatic rings. The van der Waals surface area contributed by atoms with Crippen molar-refractivity contribution in [2.45, 2.75) is 77.4 Å². The Morgan fingerprint density at radius 3 is 1.72 bits per heavy atom. The van der Waals surface area contributed by atoms with Crippen LogP contribution in [0, 0.1) is 13.8 Å². The maximum Gasteiger partial charge on any atom is 0.306 e. The van der Waals surface area contributed by atoms with Crippen molar-refractivity contribution < 1.29 is 39.4 Å². The Morgan fingerprint density at radius 2 is 1.23 bits per heavy atom. The van der Waals surface area contributed by atoms with Crippen LogP contribution < -0.4 is 18.4 Å². The molecule has 4 rings (SSSR count). The Hall–Kier alpha value is -2.50. The Labute approximate surface area is 232 Å². The van der Waals surface area contributed by atoms with Crippen molar-refractivity contribution in [2.75, 3.05) is 25.7 Å². The molecule has 11 heteroatoms. The van der Waals surface area contributed by atoms with Gasteiger partial charge in [0.15, 0.2) is 0 Å². The number of fused-ring (bicyclic) bond motifs is 2. The summed E-state index contributed by atoms with van der Waals surface area (Å²) in [4.78, 5) is 0. The summed E-state index contributed by atoms with van der Waals surface area (Å²) in [5.74, 6) is 1.47. The molecule has 2 aromatic carbocycles. The molecule has 9 nitrogen and oxygen atoms in total. The van der Waals surface area contributed by atoms with Gasteiger partial charge in [0.25, 0.3) is 15.9 Å². The molecule has 1 unspecified atom stereocenters. The van der Waals surface area contributed by atoms with Crippen LogP contribution in [0.25, 0.3) is 0 Å². The van der Waals surface area contributed by atoms with Crippen LogP contribution in [0.3, 0.4) is 0 Å². The third-order valence-corrected chi connectivity index (χ3v) is 8.19. The quantitative estimate of drug-likeness (QED) is 0.317. The number of aryl methyl sites for hydroxylation is 2. The van der Waals surface area contributed by atoms with Crippen molar-refractivity contribution >= 4 is 20.2 Å². The van der Waals surface area contributed by atoms with Gasteiger partial charge in [-0.3, -0.25) is 4.18 Å². The number of rotatable bonds is 8. The fourth-order valence-corrected chi connectivity index (χ4v) is 6.50. The van der Waals surface area contributed by atoms with Crippen LogP contribution in [0.2, 0.25) is 0 Å². The lowest BCUT2D eigenvalue weighted by molar-refractivity contribution is -0.166. The number of hydrogen-bond acceptors (Lipinski definition) is 9. The Morgan fingerprint density at radius 1 is 0.744 bits per heavy atom. The molecule has 1 spiro atoms. The van der Waals surface area contributed by atoms with Crippen molar-refractivity contribution in [2.24, 2.45) is 0 Å². The summed E-state index contributed by atoms with van der Waals surface area (Å²) in [6.07, 6.45) is 3.63. The van der Waals surface area contributed by atoms with Gasteiger partial charge >= 0.3 is 10.1 Å². The fraction of sp³-hybridized carbons (Fsp3) is 0.571. The van der Waals surface area contributed by atoms with Gasteiger partial charge in [-0.1, -0.05) is 27.7 Å². The molecule has 0 saturated heterocycles. The summed E-state index contributed by atoms with van der Waals surface area (Å²) in [5, 5.41) is 0. The van der Waals surface area contributed by atoms with Crippen molar-refractivity contribution in [3.05, 3.63) is 46.5 Å². The van der Waals surface area contributed by atoms with Crippen LogP contribution in [0.5, 0.6) is 23.0 Å². The minimum Gasteiger partial charge on any atom is -0.493 e. The van der Waals surface area contributed by atoms with Crippen LogP contribution in [0.15, 0.2) is 24.3 Å². The summed E-state index contributed by atoms with van der Waals surface area (Å²) < 4.78 is 75.1. The average molecular weight is 583 g/mol. The van der Waals surface area contributed by atoms with E-state index in [1.165, 1.54) is 0 Å². The zero-order chi connectivity index (χ0) is 29.0. The van der Waals surface area contributed by atoms with Gasteiger partial charge in [-0.05, 0) is 49.2 Å². The van der Waals surface area contributed by atoms with E-state index in [4.69, 9.17) is 22.6 Å². The van der Waals surface area contributed by atoms with E-state index in [0.29, 0.717) is 48.7 Å². The molecule has 2 heterocycles. The maximum atomic E-state index is 11.8. The maximum absolute atomic E-state index is 11.8. The SMILES string of the molecule is Cc1cc2c(cc1OCCCOS(C)(=O)=O)C(C)(C)CC1(CC(C)(C)c3cc(OS(C)(=O)=O)c(C)cc3O1)O2. The highest BCUT2D eigenvalue weighted by molar-refractivity contribution is 7.86. The second-order valence-electron chi connectivity index (χ2n) is 12.0. The normalized spacial score (nSPS) is 21.3. The van der Waals surface area contributed by atoms with Gasteiger partial charge in [0.05, 0.1) is 25.7 Å². The van der Waals surface area contributed by atoms with Crippen molar-refractivity contribution in [3.63, 3.8) is 0 Å². The predicted molar refractivity (Wildman–Crippen MR) is 148 cm³/mol. The van der Waals surface area contributed by atoms with Gasteiger partial charge in [0.1, 0.15) is 23.0 Å². The topological polar surface area (TPSA) is 114 Å². The first-order valence-electron chi connectivity index (χ1n) is 12.8. The van der Waals surface area contributed by atoms with Crippen LogP contribution in [-0.2, 0) is 35.2 Å². The molecule has 0 aromatic heterocycles. The highest BCUT2D eigenvalue weighted by Crippen LogP contribution is 2.55. The Balaban J connectivity index is 1.61. The summed E-state index contributed by atoms with van der Waals surface area (Å²) in [7, 11) is -7.14. The van der Waals surface area contributed by atoms with Gasteiger partial charge in [-0.15, -0.1) is 0 Å². The first-order valence-corrected chi connectivity index (χ1v) is 16.5. The summed E-state index contributed by atoms with van der Waals surface area (Å²) >= 11 is 0. The molecule has 0 fully saturated rings. The lowest BCUT2D eigenvalue weighted by Crippen LogP contribution is -2.55. The highest BCUT2D eigenvalue weighted by Gasteiger charge is 2.53. The number of ether oxygens (including phenoxy) is 3. The molecular formula is C28H38O9S2. The van der Waals surface area contributed by atoms with E-state index in [1.807, 2.05) is 25.1 Å². The zero-order valence-electron chi connectivity index (χ0n) is 23.8. The summed E-state index contributed by atoms with van der Waals surface area (Å²) in [6, 6.07) is 7.53. The summed E-state index contributed by atoms with van der Waals surface area (Å²) in [6.45, 7) is 12.6. The average Bonchev–Trinajstić information content (AvgIpc) is 2.72. The molecule has 0 aliphatic carbocycles. The van der Waals surface area contributed by atoms with Crippen molar-refractivity contribution in [1.29, 1.82) is 0 Å². The van der Waals surface area contributed by atoms with E-state index in [2.05, 4.69) is 27.7 Å². The van der Waals surface area contributed by atoms with E-state index < -0.39 is 31.4 Å². The van der Waals surface area contributed by atoms with Gasteiger partial charge < -0.3 is 18.4 Å². The molecule has 39 heavy (non-hydrogen) atoms. The van der Waals surface area contributed by atoms with Crippen LogP contribution in [-0.4, -0.2) is 48.3 Å². The van der Waals surface area contributed by atoms with E-state index >= 15 is 0 Å². The largest absolute Gasteiger partial charge is 0.493 e. The van der Waals surface area contributed by atoms with Crippen LogP contribution >= 0.6 is 0 Å². The molecule has 216 valence electrons. The monoisotopic (exact) mass is 582 g/mol.